The lowest BCUT2D eigenvalue weighted by atomic mass is 10.1. The average Bonchev–Trinajstić information content (AvgIpc) is 3.00. The third-order valence-electron chi connectivity index (χ3n) is 2.73. The van der Waals surface area contributed by atoms with Gasteiger partial charge in [-0.2, -0.15) is 0 Å². The van der Waals surface area contributed by atoms with Gasteiger partial charge in [-0.3, -0.25) is 9.59 Å². The van der Waals surface area contributed by atoms with Crippen LogP contribution < -0.4 is 5.32 Å². The van der Waals surface area contributed by atoms with E-state index < -0.39 is 0 Å². The minimum atomic E-state index is -0.251. The van der Waals surface area contributed by atoms with Gasteiger partial charge in [0.2, 0.25) is 0 Å². The second-order valence-corrected chi connectivity index (χ2v) is 5.16. The van der Waals surface area contributed by atoms with Crippen molar-refractivity contribution in [3.8, 4) is 0 Å². The number of nitrogens with one attached hydrogen (secondary N) is 1. The molecular weight excluding hydrogens is 274 g/mol. The Morgan fingerprint density at radius 2 is 1.95 bits per heavy atom. The van der Waals surface area contributed by atoms with Gasteiger partial charge in [-0.1, -0.05) is 18.2 Å². The molecule has 0 aliphatic rings. The number of methoxy groups -OCH3 is 1. The molecule has 2 rings (SSSR count). The van der Waals surface area contributed by atoms with Crippen molar-refractivity contribution in [2.24, 2.45) is 0 Å². The molecule has 0 atom stereocenters. The molecule has 1 heterocycles. The van der Waals surface area contributed by atoms with Gasteiger partial charge >= 0.3 is 0 Å². The zero-order valence-corrected chi connectivity index (χ0v) is 11.9. The van der Waals surface area contributed by atoms with E-state index in [2.05, 4.69) is 5.32 Å². The van der Waals surface area contributed by atoms with Crippen LogP contribution in [-0.2, 0) is 11.3 Å². The Labute approximate surface area is 121 Å². The molecule has 0 fully saturated rings. The first-order valence-corrected chi connectivity index (χ1v) is 7.01. The van der Waals surface area contributed by atoms with E-state index in [9.17, 15) is 9.59 Å². The lowest BCUT2D eigenvalue weighted by molar-refractivity contribution is 0.0905. The summed E-state index contributed by atoms with van der Waals surface area (Å²) in [5.74, 6) is -0.330. The fraction of sp³-hybridized carbons (Fsp3) is 0.200. The predicted molar refractivity (Wildman–Crippen MR) is 78.1 cm³/mol. The van der Waals surface area contributed by atoms with Crippen LogP contribution in [0, 0.1) is 0 Å². The van der Waals surface area contributed by atoms with Crippen molar-refractivity contribution in [2.45, 2.75) is 6.61 Å². The van der Waals surface area contributed by atoms with Gasteiger partial charge in [-0.15, -0.1) is 11.3 Å². The Bertz CT molecular complexity index is 576. The highest BCUT2D eigenvalue weighted by Crippen LogP contribution is 2.09. The molecule has 4 nitrogen and oxygen atoms in total. The van der Waals surface area contributed by atoms with Crippen molar-refractivity contribution in [1.29, 1.82) is 0 Å². The van der Waals surface area contributed by atoms with Gasteiger partial charge in [-0.05, 0) is 29.1 Å². The maximum atomic E-state index is 11.9. The van der Waals surface area contributed by atoms with Gasteiger partial charge in [0.25, 0.3) is 5.91 Å². The van der Waals surface area contributed by atoms with Crippen LogP contribution in [0.25, 0.3) is 0 Å². The Balaban J connectivity index is 1.90. The van der Waals surface area contributed by atoms with Crippen molar-refractivity contribution in [1.82, 2.24) is 5.32 Å². The monoisotopic (exact) mass is 289 g/mol. The first kappa shape index (κ1) is 14.4. The van der Waals surface area contributed by atoms with Crippen LogP contribution in [0.5, 0.6) is 0 Å². The highest BCUT2D eigenvalue weighted by molar-refractivity contribution is 7.12. The molecule has 1 aromatic heterocycles. The largest absolute Gasteiger partial charge is 0.380 e. The highest BCUT2D eigenvalue weighted by Gasteiger charge is 2.10. The number of rotatable bonds is 6. The minimum Gasteiger partial charge on any atom is -0.380 e. The minimum absolute atomic E-state index is 0.0131. The number of ketones is 1. The maximum Gasteiger partial charge on any atom is 0.251 e. The Kier molecular flexibility index (Phi) is 5.03. The van der Waals surface area contributed by atoms with Crippen LogP contribution in [-0.4, -0.2) is 25.3 Å². The van der Waals surface area contributed by atoms with E-state index in [1.807, 2.05) is 23.6 Å². The summed E-state index contributed by atoms with van der Waals surface area (Å²) in [6, 6.07) is 10.7. The molecule has 0 saturated carbocycles. The maximum absolute atomic E-state index is 11.9. The summed E-state index contributed by atoms with van der Waals surface area (Å²) in [5, 5.41) is 4.46. The van der Waals surface area contributed by atoms with E-state index in [-0.39, 0.29) is 18.2 Å². The molecule has 0 saturated heterocycles. The van der Waals surface area contributed by atoms with Crippen LogP contribution in [0.3, 0.4) is 0 Å². The summed E-state index contributed by atoms with van der Waals surface area (Å²) in [5.41, 5.74) is 1.53. The summed E-state index contributed by atoms with van der Waals surface area (Å²) in [7, 11) is 1.62. The number of ether oxygens (including phenoxy) is 1. The number of thiophene rings is 1. The van der Waals surface area contributed by atoms with Crippen molar-refractivity contribution in [3.63, 3.8) is 0 Å². The summed E-state index contributed by atoms with van der Waals surface area (Å²) in [4.78, 5) is 24.3. The van der Waals surface area contributed by atoms with Gasteiger partial charge in [0.1, 0.15) is 0 Å². The summed E-state index contributed by atoms with van der Waals surface area (Å²) < 4.78 is 5.00. The van der Waals surface area contributed by atoms with E-state index in [4.69, 9.17) is 4.74 Å². The topological polar surface area (TPSA) is 55.4 Å². The number of carbonyl (C=O) groups is 2. The molecule has 1 aromatic carbocycles. The van der Waals surface area contributed by atoms with E-state index >= 15 is 0 Å². The van der Waals surface area contributed by atoms with Gasteiger partial charge in [0.05, 0.1) is 18.0 Å². The van der Waals surface area contributed by atoms with Crippen molar-refractivity contribution in [2.75, 3.05) is 13.7 Å². The predicted octanol–water partition coefficient (Wildman–Crippen LogP) is 2.51. The SMILES string of the molecule is COCc1ccc(C(=O)NCC(=O)c2cccs2)cc1. The normalized spacial score (nSPS) is 10.2. The molecule has 104 valence electrons. The van der Waals surface area contributed by atoms with E-state index in [1.54, 1.807) is 25.3 Å². The van der Waals surface area contributed by atoms with Crippen molar-refractivity contribution in [3.05, 3.63) is 57.8 Å². The molecule has 1 N–H and O–H groups in total. The van der Waals surface area contributed by atoms with Crippen LogP contribution in [0.15, 0.2) is 41.8 Å². The quantitative estimate of drug-likeness (QED) is 0.831. The molecule has 0 unspecified atom stereocenters. The molecule has 0 spiro atoms. The van der Waals surface area contributed by atoms with Crippen LogP contribution >= 0.6 is 11.3 Å². The first-order chi connectivity index (χ1) is 9.70. The Morgan fingerprint density at radius 3 is 2.55 bits per heavy atom. The molecular formula is C15H15NO3S. The lowest BCUT2D eigenvalue weighted by Crippen LogP contribution is -2.29. The number of amides is 1. The molecule has 0 aliphatic heterocycles. The van der Waals surface area contributed by atoms with Gasteiger partial charge in [-0.25, -0.2) is 0 Å². The molecule has 5 heteroatoms. The van der Waals surface area contributed by atoms with Crippen LogP contribution in [0.4, 0.5) is 0 Å². The Hall–Kier alpha value is -1.98. The standard InChI is InChI=1S/C15H15NO3S/c1-19-10-11-4-6-12(7-5-11)15(18)16-9-13(17)14-3-2-8-20-14/h2-8H,9-10H2,1H3,(H,16,18). The van der Waals surface area contributed by atoms with E-state index in [1.165, 1.54) is 11.3 Å². The second-order valence-electron chi connectivity index (χ2n) is 4.21. The number of carbonyl (C=O) groups excluding carboxylic acids is 2. The third kappa shape index (κ3) is 3.76. The first-order valence-electron chi connectivity index (χ1n) is 6.13. The van der Waals surface area contributed by atoms with Crippen molar-refractivity contribution < 1.29 is 14.3 Å². The van der Waals surface area contributed by atoms with Crippen LogP contribution in [0.2, 0.25) is 0 Å². The second kappa shape index (κ2) is 6.98. The molecule has 2 aromatic rings. The zero-order valence-electron chi connectivity index (χ0n) is 11.1. The van der Waals surface area contributed by atoms with Gasteiger partial charge in [0.15, 0.2) is 5.78 Å². The highest BCUT2D eigenvalue weighted by atomic mass is 32.1. The Morgan fingerprint density at radius 1 is 1.20 bits per heavy atom. The summed E-state index contributed by atoms with van der Waals surface area (Å²) in [6.45, 7) is 0.526. The van der Waals surface area contributed by atoms with Crippen LogP contribution in [0.1, 0.15) is 25.6 Å². The molecule has 0 radical (unpaired) electrons. The fourth-order valence-electron chi connectivity index (χ4n) is 1.71. The van der Waals surface area contributed by atoms with E-state index in [0.29, 0.717) is 17.0 Å². The molecule has 20 heavy (non-hydrogen) atoms. The number of hydrogen-bond donors (Lipinski definition) is 1. The average molecular weight is 289 g/mol. The fourth-order valence-corrected chi connectivity index (χ4v) is 2.37. The van der Waals surface area contributed by atoms with Gasteiger partial charge < -0.3 is 10.1 Å². The van der Waals surface area contributed by atoms with Gasteiger partial charge in [0, 0.05) is 12.7 Å². The van der Waals surface area contributed by atoms with Crippen molar-refractivity contribution >= 4 is 23.0 Å². The molecule has 0 aliphatic carbocycles. The molecule has 1 amide bonds. The third-order valence-corrected chi connectivity index (χ3v) is 3.64. The molecule has 0 bridgehead atoms. The summed E-state index contributed by atoms with van der Waals surface area (Å²) in [6.07, 6.45) is 0. The smallest absolute Gasteiger partial charge is 0.251 e. The number of Topliss-reactive ketones (excluding diaryl/α,β-unsaturated/α-hetero) is 1. The number of hydrogen-bond acceptors (Lipinski definition) is 4. The number of benzene rings is 1. The summed E-state index contributed by atoms with van der Waals surface area (Å²) >= 11 is 1.37. The zero-order chi connectivity index (χ0) is 14.4. The van der Waals surface area contributed by atoms with E-state index in [0.717, 1.165) is 5.56 Å². The lowest BCUT2D eigenvalue weighted by Gasteiger charge is -2.05.